The highest BCUT2D eigenvalue weighted by molar-refractivity contribution is 7.89. The third-order valence-electron chi connectivity index (χ3n) is 5.15. The zero-order chi connectivity index (χ0) is 21.6. The zero-order valence-electron chi connectivity index (χ0n) is 17.3. The molecule has 1 atom stereocenters. The number of hydrogen-bond acceptors (Lipinski definition) is 4. The highest BCUT2D eigenvalue weighted by atomic mass is 35.5. The number of sulfonamides is 1. The van der Waals surface area contributed by atoms with Crippen molar-refractivity contribution in [1.82, 2.24) is 14.5 Å². The molecule has 1 N–H and O–H groups in total. The number of carbonyl (C=O) groups is 2. The molecule has 0 bridgehead atoms. The lowest BCUT2D eigenvalue weighted by Crippen LogP contribution is -2.40. The number of hydrogen-bond donors (Lipinski definition) is 1. The first-order valence-corrected chi connectivity index (χ1v) is 11.9. The molecule has 1 heterocycles. The standard InChI is InChI=1S/C20H30ClN3O4S/c1-4-24(5-2)29(27,28)18-13-16(8-9-17(18)21)20(26)22-11-10-19(25)23-12-6-7-15(3)14-23/h8-9,13,15H,4-7,10-12,14H2,1-3H3,(H,22,26). The molecule has 1 aromatic rings. The summed E-state index contributed by atoms with van der Waals surface area (Å²) in [6.45, 7) is 7.95. The molecule has 162 valence electrons. The van der Waals surface area contributed by atoms with E-state index in [1.807, 2.05) is 4.90 Å². The molecular formula is C20H30ClN3O4S. The van der Waals surface area contributed by atoms with Crippen LogP contribution in [0.25, 0.3) is 0 Å². The first-order chi connectivity index (χ1) is 13.7. The lowest BCUT2D eigenvalue weighted by molar-refractivity contribution is -0.132. The van der Waals surface area contributed by atoms with Crippen LogP contribution in [0.2, 0.25) is 5.02 Å². The Hall–Kier alpha value is -1.64. The van der Waals surface area contributed by atoms with Crippen molar-refractivity contribution >= 4 is 33.4 Å². The Labute approximate surface area is 178 Å². The average molecular weight is 444 g/mol. The number of nitrogens with one attached hydrogen (secondary N) is 1. The van der Waals surface area contributed by atoms with Gasteiger partial charge in [-0.3, -0.25) is 9.59 Å². The van der Waals surface area contributed by atoms with Gasteiger partial charge < -0.3 is 10.2 Å². The second-order valence-corrected chi connectivity index (χ2v) is 9.64. The molecular weight excluding hydrogens is 414 g/mol. The third-order valence-corrected chi connectivity index (χ3v) is 7.68. The smallest absolute Gasteiger partial charge is 0.251 e. The second-order valence-electron chi connectivity index (χ2n) is 7.33. The minimum atomic E-state index is -3.78. The molecule has 1 aromatic carbocycles. The molecule has 1 unspecified atom stereocenters. The maximum atomic E-state index is 12.8. The maximum absolute atomic E-state index is 12.8. The molecule has 2 amide bonds. The van der Waals surface area contributed by atoms with Crippen LogP contribution in [0.4, 0.5) is 0 Å². The van der Waals surface area contributed by atoms with Crippen molar-refractivity contribution in [3.63, 3.8) is 0 Å². The summed E-state index contributed by atoms with van der Waals surface area (Å²) in [5.41, 5.74) is 0.194. The predicted molar refractivity (Wildman–Crippen MR) is 113 cm³/mol. The number of likely N-dealkylation sites (tertiary alicyclic amines) is 1. The topological polar surface area (TPSA) is 86.8 Å². The number of benzene rings is 1. The molecule has 0 radical (unpaired) electrons. The van der Waals surface area contributed by atoms with E-state index in [1.165, 1.54) is 22.5 Å². The lowest BCUT2D eigenvalue weighted by Gasteiger charge is -2.31. The van der Waals surface area contributed by atoms with E-state index < -0.39 is 15.9 Å². The minimum absolute atomic E-state index is 0.0257. The number of nitrogens with zero attached hydrogens (tertiary/aromatic N) is 2. The van der Waals surface area contributed by atoms with Crippen LogP contribution in [0.1, 0.15) is 50.4 Å². The SMILES string of the molecule is CCN(CC)S(=O)(=O)c1cc(C(=O)NCCC(=O)N2CCCC(C)C2)ccc1Cl. The summed E-state index contributed by atoms with van der Waals surface area (Å²) in [6, 6.07) is 4.18. The number of halogens is 1. The van der Waals surface area contributed by atoms with Gasteiger partial charge in [0.05, 0.1) is 5.02 Å². The van der Waals surface area contributed by atoms with Crippen LogP contribution in [-0.2, 0) is 14.8 Å². The van der Waals surface area contributed by atoms with Gasteiger partial charge in [0, 0.05) is 44.7 Å². The largest absolute Gasteiger partial charge is 0.352 e. The summed E-state index contributed by atoms with van der Waals surface area (Å²) in [7, 11) is -3.78. The van der Waals surface area contributed by atoms with E-state index in [0.717, 1.165) is 25.9 Å². The van der Waals surface area contributed by atoms with Gasteiger partial charge in [0.1, 0.15) is 4.90 Å². The van der Waals surface area contributed by atoms with Crippen molar-refractivity contribution < 1.29 is 18.0 Å². The molecule has 1 aliphatic rings. The summed E-state index contributed by atoms with van der Waals surface area (Å²) < 4.78 is 26.8. The van der Waals surface area contributed by atoms with Crippen molar-refractivity contribution in [3.05, 3.63) is 28.8 Å². The van der Waals surface area contributed by atoms with E-state index in [2.05, 4.69) is 12.2 Å². The molecule has 29 heavy (non-hydrogen) atoms. The Morgan fingerprint density at radius 2 is 1.97 bits per heavy atom. The van der Waals surface area contributed by atoms with Gasteiger partial charge in [-0.1, -0.05) is 32.4 Å². The minimum Gasteiger partial charge on any atom is -0.352 e. The van der Waals surface area contributed by atoms with Gasteiger partial charge in [0.2, 0.25) is 15.9 Å². The van der Waals surface area contributed by atoms with Crippen molar-refractivity contribution in [1.29, 1.82) is 0 Å². The molecule has 0 aromatic heterocycles. The van der Waals surface area contributed by atoms with Crippen molar-refractivity contribution in [2.45, 2.75) is 44.9 Å². The van der Waals surface area contributed by atoms with Crippen LogP contribution >= 0.6 is 11.6 Å². The van der Waals surface area contributed by atoms with Gasteiger partial charge in [-0.15, -0.1) is 0 Å². The lowest BCUT2D eigenvalue weighted by atomic mass is 10.00. The third kappa shape index (κ3) is 5.93. The zero-order valence-corrected chi connectivity index (χ0v) is 18.9. The molecule has 9 heteroatoms. The summed E-state index contributed by atoms with van der Waals surface area (Å²) in [5, 5.41) is 2.77. The van der Waals surface area contributed by atoms with Crippen LogP contribution in [0.15, 0.2) is 23.1 Å². The Bertz CT molecular complexity index is 840. The van der Waals surface area contributed by atoms with Gasteiger partial charge in [-0.05, 0) is 37.0 Å². The van der Waals surface area contributed by atoms with Crippen LogP contribution in [0.3, 0.4) is 0 Å². The Balaban J connectivity index is 2.02. The van der Waals surface area contributed by atoms with E-state index in [0.29, 0.717) is 19.0 Å². The van der Waals surface area contributed by atoms with Gasteiger partial charge in [0.25, 0.3) is 5.91 Å². The van der Waals surface area contributed by atoms with Crippen LogP contribution in [0, 0.1) is 5.92 Å². The first kappa shape index (κ1) is 23.6. The quantitative estimate of drug-likeness (QED) is 0.669. The highest BCUT2D eigenvalue weighted by Gasteiger charge is 2.26. The molecule has 1 aliphatic heterocycles. The average Bonchev–Trinajstić information content (AvgIpc) is 2.68. The number of amides is 2. The number of piperidine rings is 1. The molecule has 2 rings (SSSR count). The second kappa shape index (κ2) is 10.4. The van der Waals surface area contributed by atoms with Crippen LogP contribution in [0.5, 0.6) is 0 Å². The summed E-state index contributed by atoms with van der Waals surface area (Å²) >= 11 is 6.10. The monoisotopic (exact) mass is 443 g/mol. The molecule has 0 spiro atoms. The van der Waals surface area contributed by atoms with Gasteiger partial charge in [-0.25, -0.2) is 8.42 Å². The number of carbonyl (C=O) groups excluding carboxylic acids is 2. The van der Waals surface area contributed by atoms with E-state index in [1.54, 1.807) is 13.8 Å². The van der Waals surface area contributed by atoms with Crippen molar-refractivity contribution in [2.75, 3.05) is 32.7 Å². The maximum Gasteiger partial charge on any atom is 0.251 e. The molecule has 7 nitrogen and oxygen atoms in total. The fourth-order valence-corrected chi connectivity index (χ4v) is 5.46. The Kier molecular flexibility index (Phi) is 8.48. The fraction of sp³-hybridized carbons (Fsp3) is 0.600. The molecule has 1 fully saturated rings. The van der Waals surface area contributed by atoms with Gasteiger partial charge in [0.15, 0.2) is 0 Å². The first-order valence-electron chi connectivity index (χ1n) is 10.1. The molecule has 0 saturated carbocycles. The molecule has 0 aliphatic carbocycles. The summed E-state index contributed by atoms with van der Waals surface area (Å²) in [6.07, 6.45) is 2.36. The normalized spacial score (nSPS) is 17.4. The van der Waals surface area contributed by atoms with Crippen LogP contribution in [-0.4, -0.2) is 62.2 Å². The van der Waals surface area contributed by atoms with Crippen LogP contribution < -0.4 is 5.32 Å². The summed E-state index contributed by atoms with van der Waals surface area (Å²) in [4.78, 5) is 26.5. The van der Waals surface area contributed by atoms with E-state index >= 15 is 0 Å². The van der Waals surface area contributed by atoms with E-state index in [9.17, 15) is 18.0 Å². The highest BCUT2D eigenvalue weighted by Crippen LogP contribution is 2.26. The van der Waals surface area contributed by atoms with Crippen molar-refractivity contribution in [3.8, 4) is 0 Å². The van der Waals surface area contributed by atoms with E-state index in [-0.39, 0.29) is 34.4 Å². The van der Waals surface area contributed by atoms with Gasteiger partial charge >= 0.3 is 0 Å². The number of rotatable bonds is 8. The van der Waals surface area contributed by atoms with Crippen molar-refractivity contribution in [2.24, 2.45) is 5.92 Å². The molecule has 1 saturated heterocycles. The summed E-state index contributed by atoms with van der Waals surface area (Å²) in [5.74, 6) is 0.0952. The Morgan fingerprint density at radius 1 is 1.28 bits per heavy atom. The Morgan fingerprint density at radius 3 is 2.59 bits per heavy atom. The predicted octanol–water partition coefficient (Wildman–Crippen LogP) is 2.75. The fourth-order valence-electron chi connectivity index (χ4n) is 3.50. The van der Waals surface area contributed by atoms with E-state index in [4.69, 9.17) is 11.6 Å². The van der Waals surface area contributed by atoms with Gasteiger partial charge in [-0.2, -0.15) is 4.31 Å².